The second kappa shape index (κ2) is 7.54. The lowest BCUT2D eigenvalue weighted by atomic mass is 9.94. The standard InChI is InChI=1S/C21H26O2/c1-16-3-7-18(8-4-16)9-5-17(2)6-10-19-11-12-20-21(15-19)23-14-13-22-20/h3-4,7-8,11-12,15,17H,5-6,9-10,13-14H2,1-2H3. The fourth-order valence-electron chi connectivity index (χ4n) is 2.97. The second-order valence-corrected chi connectivity index (χ2v) is 6.65. The molecule has 0 fully saturated rings. The number of benzene rings is 2. The molecule has 0 radical (unpaired) electrons. The predicted molar refractivity (Wildman–Crippen MR) is 94.4 cm³/mol. The number of aryl methyl sites for hydroxylation is 3. The van der Waals surface area contributed by atoms with Crippen LogP contribution in [0.5, 0.6) is 11.5 Å². The Bertz CT molecular complexity index is 631. The van der Waals surface area contributed by atoms with E-state index in [0.29, 0.717) is 13.2 Å². The highest BCUT2D eigenvalue weighted by atomic mass is 16.6. The first kappa shape index (κ1) is 15.9. The van der Waals surface area contributed by atoms with Gasteiger partial charge in [-0.2, -0.15) is 0 Å². The van der Waals surface area contributed by atoms with Gasteiger partial charge < -0.3 is 9.47 Å². The summed E-state index contributed by atoms with van der Waals surface area (Å²) in [5.74, 6) is 2.51. The highest BCUT2D eigenvalue weighted by Crippen LogP contribution is 2.31. The summed E-state index contributed by atoms with van der Waals surface area (Å²) in [4.78, 5) is 0. The molecule has 0 aliphatic carbocycles. The summed E-state index contributed by atoms with van der Waals surface area (Å²) in [6.45, 7) is 5.80. The normalized spacial score (nSPS) is 14.5. The van der Waals surface area contributed by atoms with E-state index in [1.165, 1.54) is 36.0 Å². The Hall–Kier alpha value is -1.96. The van der Waals surface area contributed by atoms with Crippen molar-refractivity contribution in [2.24, 2.45) is 5.92 Å². The van der Waals surface area contributed by atoms with Gasteiger partial charge in [0.05, 0.1) is 0 Å². The number of hydrogen-bond acceptors (Lipinski definition) is 2. The molecule has 0 amide bonds. The SMILES string of the molecule is Cc1ccc(CCC(C)CCc2ccc3c(c2)OCCO3)cc1. The molecule has 1 atom stereocenters. The van der Waals surface area contributed by atoms with E-state index in [2.05, 4.69) is 50.2 Å². The van der Waals surface area contributed by atoms with Gasteiger partial charge in [-0.15, -0.1) is 0 Å². The van der Waals surface area contributed by atoms with Crippen molar-refractivity contribution in [1.82, 2.24) is 0 Å². The zero-order chi connectivity index (χ0) is 16.1. The molecular weight excluding hydrogens is 284 g/mol. The van der Waals surface area contributed by atoms with Crippen LogP contribution in [0, 0.1) is 12.8 Å². The molecular formula is C21H26O2. The Morgan fingerprint density at radius 1 is 0.826 bits per heavy atom. The summed E-state index contributed by atoms with van der Waals surface area (Å²) in [7, 11) is 0. The molecule has 1 unspecified atom stereocenters. The summed E-state index contributed by atoms with van der Waals surface area (Å²) in [5, 5.41) is 0. The van der Waals surface area contributed by atoms with Crippen molar-refractivity contribution in [3.05, 3.63) is 59.2 Å². The minimum Gasteiger partial charge on any atom is -0.486 e. The topological polar surface area (TPSA) is 18.5 Å². The molecule has 0 aromatic heterocycles. The first-order chi connectivity index (χ1) is 11.2. The fraction of sp³-hybridized carbons (Fsp3) is 0.429. The van der Waals surface area contributed by atoms with Crippen LogP contribution in [0.3, 0.4) is 0 Å². The van der Waals surface area contributed by atoms with Gasteiger partial charge in [-0.25, -0.2) is 0 Å². The van der Waals surface area contributed by atoms with Gasteiger partial charge in [0.1, 0.15) is 13.2 Å². The largest absolute Gasteiger partial charge is 0.486 e. The van der Waals surface area contributed by atoms with Gasteiger partial charge in [0.2, 0.25) is 0 Å². The average molecular weight is 310 g/mol. The molecule has 0 saturated carbocycles. The van der Waals surface area contributed by atoms with Gasteiger partial charge in [-0.1, -0.05) is 42.8 Å². The molecule has 0 bridgehead atoms. The van der Waals surface area contributed by atoms with Crippen LogP contribution in [0.2, 0.25) is 0 Å². The average Bonchev–Trinajstić information content (AvgIpc) is 2.59. The van der Waals surface area contributed by atoms with Crippen LogP contribution in [0.1, 0.15) is 36.5 Å². The smallest absolute Gasteiger partial charge is 0.161 e. The van der Waals surface area contributed by atoms with Crippen molar-refractivity contribution in [2.75, 3.05) is 13.2 Å². The third kappa shape index (κ3) is 4.51. The molecule has 1 aliphatic heterocycles. The third-order valence-corrected chi connectivity index (χ3v) is 4.58. The van der Waals surface area contributed by atoms with E-state index in [-0.39, 0.29) is 0 Å². The Morgan fingerprint density at radius 2 is 1.43 bits per heavy atom. The van der Waals surface area contributed by atoms with E-state index in [0.717, 1.165) is 23.8 Å². The Morgan fingerprint density at radius 3 is 2.17 bits per heavy atom. The first-order valence-electron chi connectivity index (χ1n) is 8.65. The Balaban J connectivity index is 1.47. The Kier molecular flexibility index (Phi) is 5.22. The van der Waals surface area contributed by atoms with Crippen LogP contribution < -0.4 is 9.47 Å². The molecule has 0 spiro atoms. The summed E-state index contributed by atoms with van der Waals surface area (Å²) in [6.07, 6.45) is 4.73. The van der Waals surface area contributed by atoms with Crippen LogP contribution in [0.4, 0.5) is 0 Å². The zero-order valence-electron chi connectivity index (χ0n) is 14.2. The molecule has 0 saturated heterocycles. The van der Waals surface area contributed by atoms with Crippen molar-refractivity contribution < 1.29 is 9.47 Å². The van der Waals surface area contributed by atoms with Gasteiger partial charge in [0.15, 0.2) is 11.5 Å². The maximum Gasteiger partial charge on any atom is 0.161 e. The summed E-state index contributed by atoms with van der Waals surface area (Å²) >= 11 is 0. The van der Waals surface area contributed by atoms with E-state index >= 15 is 0 Å². The molecule has 0 N–H and O–H groups in total. The van der Waals surface area contributed by atoms with E-state index < -0.39 is 0 Å². The highest BCUT2D eigenvalue weighted by Gasteiger charge is 2.12. The molecule has 1 heterocycles. The number of hydrogen-bond donors (Lipinski definition) is 0. The van der Waals surface area contributed by atoms with Gasteiger partial charge in [0, 0.05) is 0 Å². The lowest BCUT2D eigenvalue weighted by Crippen LogP contribution is -2.15. The lowest BCUT2D eigenvalue weighted by Gasteiger charge is -2.19. The fourth-order valence-corrected chi connectivity index (χ4v) is 2.97. The highest BCUT2D eigenvalue weighted by molar-refractivity contribution is 5.43. The van der Waals surface area contributed by atoms with Crippen molar-refractivity contribution in [3.63, 3.8) is 0 Å². The predicted octanol–water partition coefficient (Wildman–Crippen LogP) is 4.97. The number of ether oxygens (including phenoxy) is 2. The van der Waals surface area contributed by atoms with Crippen LogP contribution in [0.15, 0.2) is 42.5 Å². The quantitative estimate of drug-likeness (QED) is 0.750. The maximum atomic E-state index is 5.66. The zero-order valence-corrected chi connectivity index (χ0v) is 14.2. The van der Waals surface area contributed by atoms with E-state index in [9.17, 15) is 0 Å². The van der Waals surface area contributed by atoms with Crippen LogP contribution in [-0.4, -0.2) is 13.2 Å². The minimum absolute atomic E-state index is 0.655. The molecule has 2 nitrogen and oxygen atoms in total. The van der Waals surface area contributed by atoms with Gasteiger partial charge in [-0.3, -0.25) is 0 Å². The Labute approximate surface area is 139 Å². The molecule has 122 valence electrons. The van der Waals surface area contributed by atoms with Crippen LogP contribution in [-0.2, 0) is 12.8 Å². The minimum atomic E-state index is 0.655. The van der Waals surface area contributed by atoms with Gasteiger partial charge in [0.25, 0.3) is 0 Å². The molecule has 23 heavy (non-hydrogen) atoms. The summed E-state index contributed by atoms with van der Waals surface area (Å²) in [5.41, 5.74) is 4.12. The molecule has 2 heteroatoms. The first-order valence-corrected chi connectivity index (χ1v) is 8.65. The van der Waals surface area contributed by atoms with Crippen molar-refractivity contribution >= 4 is 0 Å². The molecule has 2 aromatic carbocycles. The van der Waals surface area contributed by atoms with Crippen LogP contribution in [0.25, 0.3) is 0 Å². The van der Waals surface area contributed by atoms with Crippen molar-refractivity contribution in [1.29, 1.82) is 0 Å². The number of rotatable bonds is 6. The lowest BCUT2D eigenvalue weighted by molar-refractivity contribution is 0.171. The van der Waals surface area contributed by atoms with Crippen molar-refractivity contribution in [2.45, 2.75) is 39.5 Å². The number of fused-ring (bicyclic) bond motifs is 1. The maximum absolute atomic E-state index is 5.66. The van der Waals surface area contributed by atoms with Crippen LogP contribution >= 0.6 is 0 Å². The van der Waals surface area contributed by atoms with Gasteiger partial charge >= 0.3 is 0 Å². The van der Waals surface area contributed by atoms with E-state index in [4.69, 9.17) is 9.47 Å². The van der Waals surface area contributed by atoms with Gasteiger partial charge in [-0.05, 0) is 61.8 Å². The summed E-state index contributed by atoms with van der Waals surface area (Å²) < 4.78 is 11.2. The molecule has 2 aromatic rings. The van der Waals surface area contributed by atoms with Crippen molar-refractivity contribution in [3.8, 4) is 11.5 Å². The van der Waals surface area contributed by atoms with E-state index in [1.807, 2.05) is 6.07 Å². The molecule has 1 aliphatic rings. The molecule has 3 rings (SSSR count). The second-order valence-electron chi connectivity index (χ2n) is 6.65. The van der Waals surface area contributed by atoms with E-state index in [1.54, 1.807) is 0 Å². The third-order valence-electron chi connectivity index (χ3n) is 4.58. The monoisotopic (exact) mass is 310 g/mol. The summed E-state index contributed by atoms with van der Waals surface area (Å²) in [6, 6.07) is 15.3.